The van der Waals surface area contributed by atoms with Crippen LogP contribution in [-0.2, 0) is 9.78 Å². The third-order valence-electron chi connectivity index (χ3n) is 9.72. The SMILES string of the molecule is CC1(C)[C@@H]2CC[C@]1(C)C(OOC1C[C@H]3CC[C@@]1(C)C3(C)C)C2. The van der Waals surface area contributed by atoms with Gasteiger partial charge in [0.2, 0.25) is 0 Å². The predicted octanol–water partition coefficient (Wildman–Crippen LogP) is 5.36. The molecule has 0 spiro atoms. The standard InChI is InChI=1S/C20H34O2/c1-17(2)13-7-9-19(17,5)15(11-13)21-22-16-12-14-8-10-20(16,6)18(14,3)4/h13-16H,7-12H2,1-6H3/t13-,14-,15?,16?,19-,20-/m1/s1. The van der Waals surface area contributed by atoms with Gasteiger partial charge in [-0.25, -0.2) is 9.78 Å². The minimum absolute atomic E-state index is 0.297. The first kappa shape index (κ1) is 15.4. The number of hydrogen-bond acceptors (Lipinski definition) is 2. The van der Waals surface area contributed by atoms with Crippen LogP contribution in [0.25, 0.3) is 0 Å². The number of fused-ring (bicyclic) bond motifs is 4. The summed E-state index contributed by atoms with van der Waals surface area (Å²) in [4.78, 5) is 12.3. The second kappa shape index (κ2) is 4.30. The summed E-state index contributed by atoms with van der Waals surface area (Å²) in [7, 11) is 0. The van der Waals surface area contributed by atoms with Gasteiger partial charge in [-0.2, -0.15) is 0 Å². The molecule has 4 bridgehead atoms. The van der Waals surface area contributed by atoms with Crippen molar-refractivity contribution in [3.63, 3.8) is 0 Å². The van der Waals surface area contributed by atoms with Gasteiger partial charge in [-0.1, -0.05) is 41.5 Å². The quantitative estimate of drug-likeness (QED) is 0.516. The van der Waals surface area contributed by atoms with E-state index < -0.39 is 0 Å². The van der Waals surface area contributed by atoms with Gasteiger partial charge in [0.25, 0.3) is 0 Å². The zero-order valence-corrected chi connectivity index (χ0v) is 15.4. The summed E-state index contributed by atoms with van der Waals surface area (Å²) in [5.41, 5.74) is 1.40. The van der Waals surface area contributed by atoms with Gasteiger partial charge in [-0.3, -0.25) is 0 Å². The van der Waals surface area contributed by atoms with Crippen LogP contribution in [0.15, 0.2) is 0 Å². The fraction of sp³-hybridized carbons (Fsp3) is 1.00. The van der Waals surface area contributed by atoms with Gasteiger partial charge in [0.15, 0.2) is 0 Å². The lowest BCUT2D eigenvalue weighted by Crippen LogP contribution is -2.41. The molecule has 4 aliphatic rings. The van der Waals surface area contributed by atoms with Gasteiger partial charge in [0.1, 0.15) is 0 Å². The van der Waals surface area contributed by atoms with E-state index >= 15 is 0 Å². The molecule has 22 heavy (non-hydrogen) atoms. The third-order valence-corrected chi connectivity index (χ3v) is 9.72. The van der Waals surface area contributed by atoms with E-state index in [1.807, 2.05) is 0 Å². The van der Waals surface area contributed by atoms with Gasteiger partial charge in [0.05, 0.1) is 12.2 Å². The molecule has 0 saturated heterocycles. The van der Waals surface area contributed by atoms with Crippen LogP contribution in [0.1, 0.15) is 80.1 Å². The zero-order valence-electron chi connectivity index (χ0n) is 15.4. The molecule has 0 radical (unpaired) electrons. The first-order valence-corrected chi connectivity index (χ1v) is 9.45. The summed E-state index contributed by atoms with van der Waals surface area (Å²) in [6.07, 6.45) is 8.33. The van der Waals surface area contributed by atoms with Crippen molar-refractivity contribution in [1.29, 1.82) is 0 Å². The van der Waals surface area contributed by atoms with Crippen LogP contribution in [0.3, 0.4) is 0 Å². The van der Waals surface area contributed by atoms with E-state index in [4.69, 9.17) is 9.78 Å². The lowest BCUT2D eigenvalue weighted by Gasteiger charge is -2.41. The Morgan fingerprint density at radius 2 is 1.00 bits per heavy atom. The molecule has 4 fully saturated rings. The maximum Gasteiger partial charge on any atom is 0.0991 e. The van der Waals surface area contributed by atoms with Crippen molar-refractivity contribution in [3.05, 3.63) is 0 Å². The molecule has 0 aromatic rings. The number of hydrogen-bond donors (Lipinski definition) is 0. The molecule has 2 unspecified atom stereocenters. The second-order valence-electron chi connectivity index (χ2n) is 10.4. The maximum absolute atomic E-state index is 6.17. The van der Waals surface area contributed by atoms with Gasteiger partial charge in [0, 0.05) is 10.8 Å². The Bertz CT molecular complexity index is 438. The number of rotatable bonds is 3. The monoisotopic (exact) mass is 306 g/mol. The summed E-state index contributed by atoms with van der Waals surface area (Å²) in [6, 6.07) is 0. The van der Waals surface area contributed by atoms with Crippen LogP contribution >= 0.6 is 0 Å². The Hall–Kier alpha value is -0.0800. The summed E-state index contributed by atoms with van der Waals surface area (Å²) in [5, 5.41) is 0. The Balaban J connectivity index is 1.45. The van der Waals surface area contributed by atoms with E-state index in [2.05, 4.69) is 41.5 Å². The smallest absolute Gasteiger partial charge is 0.0991 e. The van der Waals surface area contributed by atoms with E-state index in [0.717, 1.165) is 11.8 Å². The highest BCUT2D eigenvalue weighted by Gasteiger charge is 2.65. The Kier molecular flexibility index (Phi) is 3.02. The fourth-order valence-corrected chi connectivity index (χ4v) is 6.69. The summed E-state index contributed by atoms with van der Waals surface area (Å²) in [5.74, 6) is 1.64. The molecule has 4 aliphatic carbocycles. The van der Waals surface area contributed by atoms with Gasteiger partial charge in [-0.05, 0) is 61.2 Å². The van der Waals surface area contributed by atoms with Crippen LogP contribution in [0.5, 0.6) is 0 Å². The van der Waals surface area contributed by atoms with Crippen molar-refractivity contribution in [1.82, 2.24) is 0 Å². The summed E-state index contributed by atoms with van der Waals surface area (Å²) < 4.78 is 0. The largest absolute Gasteiger partial charge is 0.232 e. The minimum atomic E-state index is 0.297. The van der Waals surface area contributed by atoms with Crippen LogP contribution in [0, 0.1) is 33.5 Å². The molecule has 6 atom stereocenters. The van der Waals surface area contributed by atoms with E-state index in [-0.39, 0.29) is 0 Å². The predicted molar refractivity (Wildman–Crippen MR) is 88.2 cm³/mol. The molecule has 2 nitrogen and oxygen atoms in total. The fourth-order valence-electron chi connectivity index (χ4n) is 6.69. The molecule has 0 aliphatic heterocycles. The van der Waals surface area contributed by atoms with Crippen molar-refractivity contribution < 1.29 is 9.78 Å². The minimum Gasteiger partial charge on any atom is -0.232 e. The van der Waals surface area contributed by atoms with Crippen LogP contribution in [-0.4, -0.2) is 12.2 Å². The molecule has 0 N–H and O–H groups in total. The highest BCUT2D eigenvalue weighted by Crippen LogP contribution is 2.68. The molecule has 0 aromatic carbocycles. The van der Waals surface area contributed by atoms with Crippen molar-refractivity contribution in [2.45, 2.75) is 92.3 Å². The maximum atomic E-state index is 6.17. The molecular weight excluding hydrogens is 272 g/mol. The first-order valence-electron chi connectivity index (χ1n) is 9.45. The highest BCUT2D eigenvalue weighted by molar-refractivity contribution is 5.12. The summed E-state index contributed by atoms with van der Waals surface area (Å²) >= 11 is 0. The second-order valence-corrected chi connectivity index (χ2v) is 10.4. The third kappa shape index (κ3) is 1.59. The van der Waals surface area contributed by atoms with Crippen molar-refractivity contribution in [3.8, 4) is 0 Å². The van der Waals surface area contributed by atoms with E-state index in [1.165, 1.54) is 38.5 Å². The Labute approximate surface area is 136 Å². The van der Waals surface area contributed by atoms with Gasteiger partial charge in [-0.15, -0.1) is 0 Å². The van der Waals surface area contributed by atoms with E-state index in [0.29, 0.717) is 33.9 Å². The van der Waals surface area contributed by atoms with Crippen LogP contribution in [0.4, 0.5) is 0 Å². The normalized spacial score (nSPS) is 54.3. The van der Waals surface area contributed by atoms with Crippen LogP contribution in [0.2, 0.25) is 0 Å². The zero-order chi connectivity index (χ0) is 16.0. The van der Waals surface area contributed by atoms with Crippen LogP contribution < -0.4 is 0 Å². The molecule has 4 saturated carbocycles. The van der Waals surface area contributed by atoms with Gasteiger partial charge < -0.3 is 0 Å². The molecule has 4 rings (SSSR count). The molecular formula is C20H34O2. The molecule has 0 heterocycles. The Morgan fingerprint density at radius 3 is 1.23 bits per heavy atom. The van der Waals surface area contributed by atoms with E-state index in [9.17, 15) is 0 Å². The lowest BCUT2D eigenvalue weighted by molar-refractivity contribution is -0.383. The molecule has 0 amide bonds. The average Bonchev–Trinajstić information content (AvgIpc) is 2.95. The molecule has 0 aromatic heterocycles. The Morgan fingerprint density at radius 1 is 0.636 bits per heavy atom. The molecule has 126 valence electrons. The lowest BCUT2D eigenvalue weighted by atomic mass is 9.70. The molecule has 2 heteroatoms. The van der Waals surface area contributed by atoms with Crippen molar-refractivity contribution in [2.24, 2.45) is 33.5 Å². The highest BCUT2D eigenvalue weighted by atomic mass is 17.2. The van der Waals surface area contributed by atoms with E-state index in [1.54, 1.807) is 0 Å². The van der Waals surface area contributed by atoms with Gasteiger partial charge >= 0.3 is 0 Å². The summed E-state index contributed by atoms with van der Waals surface area (Å²) in [6.45, 7) is 14.6. The topological polar surface area (TPSA) is 18.5 Å². The van der Waals surface area contributed by atoms with Crippen molar-refractivity contribution >= 4 is 0 Å². The first-order chi connectivity index (χ1) is 10.1. The average molecular weight is 306 g/mol. The van der Waals surface area contributed by atoms with Crippen molar-refractivity contribution in [2.75, 3.05) is 0 Å².